The first-order valence-corrected chi connectivity index (χ1v) is 7.02. The minimum Gasteiger partial charge on any atom is -0.485 e. The van der Waals surface area contributed by atoms with Gasteiger partial charge in [0, 0.05) is 5.92 Å². The van der Waals surface area contributed by atoms with E-state index < -0.39 is 0 Å². The normalized spacial score (nSPS) is 31.0. The second-order valence-corrected chi connectivity index (χ2v) is 6.24. The van der Waals surface area contributed by atoms with Gasteiger partial charge in [0.2, 0.25) is 0 Å². The topological polar surface area (TPSA) is 9.23 Å². The van der Waals surface area contributed by atoms with Crippen molar-refractivity contribution in [1.82, 2.24) is 0 Å². The molecule has 0 fully saturated rings. The number of allylic oxidation sites excluding steroid dienone is 1. The molecular formula is C15H17BrO. The molecule has 90 valence electrons. The molecule has 0 amide bonds. The first-order valence-electron chi connectivity index (χ1n) is 6.23. The molecule has 17 heavy (non-hydrogen) atoms. The summed E-state index contributed by atoms with van der Waals surface area (Å²) in [6.45, 7) is 4.50. The van der Waals surface area contributed by atoms with Crippen LogP contribution in [0.25, 0.3) is 0 Å². The zero-order chi connectivity index (χ0) is 12.0. The Kier molecular flexibility index (Phi) is 2.58. The highest BCUT2D eigenvalue weighted by molar-refractivity contribution is 9.10. The molecule has 2 aliphatic rings. The fourth-order valence-corrected chi connectivity index (χ4v) is 3.65. The lowest BCUT2D eigenvalue weighted by atomic mass is 9.71. The molecule has 1 aromatic rings. The van der Waals surface area contributed by atoms with Crippen LogP contribution in [0.1, 0.15) is 32.3 Å². The van der Waals surface area contributed by atoms with E-state index in [9.17, 15) is 0 Å². The molecule has 1 aliphatic carbocycles. The summed E-state index contributed by atoms with van der Waals surface area (Å²) in [5, 5.41) is 0. The van der Waals surface area contributed by atoms with E-state index in [0.717, 1.165) is 29.5 Å². The molecule has 0 N–H and O–H groups in total. The van der Waals surface area contributed by atoms with Crippen molar-refractivity contribution < 1.29 is 4.74 Å². The summed E-state index contributed by atoms with van der Waals surface area (Å²) in [5.74, 6) is 1.60. The van der Waals surface area contributed by atoms with E-state index in [2.05, 4.69) is 54.1 Å². The second kappa shape index (κ2) is 3.88. The lowest BCUT2D eigenvalue weighted by Crippen LogP contribution is -2.47. The smallest absolute Gasteiger partial charge is 0.137 e. The number of rotatable bonds is 0. The third kappa shape index (κ3) is 1.74. The Hall–Kier alpha value is -0.760. The van der Waals surface area contributed by atoms with Crippen LogP contribution >= 0.6 is 15.9 Å². The lowest BCUT2D eigenvalue weighted by Gasteiger charge is -2.45. The minimum absolute atomic E-state index is 0.0181. The van der Waals surface area contributed by atoms with Crippen molar-refractivity contribution in [2.24, 2.45) is 5.92 Å². The van der Waals surface area contributed by atoms with Crippen LogP contribution in [-0.4, -0.2) is 5.60 Å². The Morgan fingerprint density at radius 2 is 2.24 bits per heavy atom. The van der Waals surface area contributed by atoms with E-state index in [0.29, 0.717) is 5.92 Å². The van der Waals surface area contributed by atoms with Crippen LogP contribution in [0.3, 0.4) is 0 Å². The maximum Gasteiger partial charge on any atom is 0.137 e. The van der Waals surface area contributed by atoms with Gasteiger partial charge in [-0.1, -0.05) is 23.8 Å². The number of para-hydroxylation sites is 1. The highest BCUT2D eigenvalue weighted by Crippen LogP contribution is 2.47. The molecule has 0 aromatic heterocycles. The van der Waals surface area contributed by atoms with Crippen molar-refractivity contribution >= 4 is 15.9 Å². The van der Waals surface area contributed by atoms with Gasteiger partial charge >= 0.3 is 0 Å². The van der Waals surface area contributed by atoms with Crippen LogP contribution in [0.2, 0.25) is 0 Å². The summed E-state index contributed by atoms with van der Waals surface area (Å²) in [4.78, 5) is 0. The van der Waals surface area contributed by atoms with Crippen LogP contribution in [0.4, 0.5) is 0 Å². The number of benzene rings is 1. The van der Waals surface area contributed by atoms with Gasteiger partial charge < -0.3 is 4.74 Å². The Bertz CT molecular complexity index is 492. The monoisotopic (exact) mass is 292 g/mol. The number of halogens is 1. The molecule has 1 aliphatic heterocycles. The predicted molar refractivity (Wildman–Crippen MR) is 73.4 cm³/mol. The van der Waals surface area contributed by atoms with Gasteiger partial charge in [0.15, 0.2) is 0 Å². The fraction of sp³-hybridized carbons (Fsp3) is 0.467. The number of fused-ring (bicyclic) bond motifs is 2. The van der Waals surface area contributed by atoms with Gasteiger partial charge in [-0.15, -0.1) is 0 Å². The molecule has 0 saturated carbocycles. The second-order valence-electron chi connectivity index (χ2n) is 5.39. The Balaban J connectivity index is 2.08. The van der Waals surface area contributed by atoms with Gasteiger partial charge in [0.25, 0.3) is 0 Å². The van der Waals surface area contributed by atoms with Crippen LogP contribution < -0.4 is 4.74 Å². The molecule has 1 heterocycles. The maximum atomic E-state index is 6.34. The van der Waals surface area contributed by atoms with Crippen molar-refractivity contribution in [3.8, 4) is 5.75 Å². The van der Waals surface area contributed by atoms with Crippen molar-refractivity contribution in [2.75, 3.05) is 0 Å². The largest absolute Gasteiger partial charge is 0.485 e. The molecule has 0 saturated heterocycles. The molecule has 0 spiro atoms. The van der Waals surface area contributed by atoms with E-state index >= 15 is 0 Å². The van der Waals surface area contributed by atoms with Crippen LogP contribution in [0.15, 0.2) is 34.3 Å². The molecule has 1 aromatic carbocycles. The third-order valence-corrected chi connectivity index (χ3v) is 4.83. The van der Waals surface area contributed by atoms with E-state index in [1.54, 1.807) is 0 Å². The number of hydrogen-bond acceptors (Lipinski definition) is 1. The Morgan fingerprint density at radius 3 is 3.06 bits per heavy atom. The first kappa shape index (κ1) is 11.3. The number of hydrogen-bond donors (Lipinski definition) is 0. The van der Waals surface area contributed by atoms with Crippen LogP contribution in [-0.2, 0) is 6.42 Å². The molecule has 0 unspecified atom stereocenters. The summed E-state index contributed by atoms with van der Waals surface area (Å²) in [5.41, 5.74) is 2.80. The molecule has 2 atom stereocenters. The number of ether oxygens (including phenoxy) is 1. The van der Waals surface area contributed by atoms with Gasteiger partial charge in [-0.3, -0.25) is 0 Å². The summed E-state index contributed by atoms with van der Waals surface area (Å²) in [6, 6.07) is 6.34. The Morgan fingerprint density at radius 1 is 1.41 bits per heavy atom. The van der Waals surface area contributed by atoms with Crippen molar-refractivity contribution in [3.63, 3.8) is 0 Å². The third-order valence-electron chi connectivity index (χ3n) is 4.20. The van der Waals surface area contributed by atoms with E-state index in [1.165, 1.54) is 11.1 Å². The average molecular weight is 293 g/mol. The summed E-state index contributed by atoms with van der Waals surface area (Å²) in [6.07, 6.45) is 5.74. The van der Waals surface area contributed by atoms with Crippen LogP contribution in [0.5, 0.6) is 5.75 Å². The average Bonchev–Trinajstić information content (AvgIpc) is 2.29. The van der Waals surface area contributed by atoms with Crippen molar-refractivity contribution in [3.05, 3.63) is 39.9 Å². The van der Waals surface area contributed by atoms with E-state index in [1.807, 2.05) is 0 Å². The summed E-state index contributed by atoms with van der Waals surface area (Å²) >= 11 is 3.60. The van der Waals surface area contributed by atoms with E-state index in [-0.39, 0.29) is 5.60 Å². The highest BCUT2D eigenvalue weighted by atomic mass is 79.9. The van der Waals surface area contributed by atoms with Gasteiger partial charge in [-0.05, 0) is 60.7 Å². The van der Waals surface area contributed by atoms with Gasteiger partial charge in [-0.25, -0.2) is 0 Å². The molecular weight excluding hydrogens is 276 g/mol. The maximum absolute atomic E-state index is 6.34. The van der Waals surface area contributed by atoms with Crippen molar-refractivity contribution in [1.29, 1.82) is 0 Å². The molecule has 1 nitrogen and oxygen atoms in total. The van der Waals surface area contributed by atoms with Crippen molar-refractivity contribution in [2.45, 2.75) is 38.7 Å². The van der Waals surface area contributed by atoms with E-state index in [4.69, 9.17) is 4.74 Å². The fourth-order valence-electron chi connectivity index (χ4n) is 3.17. The molecule has 0 bridgehead atoms. The van der Waals surface area contributed by atoms with Crippen LogP contribution in [0, 0.1) is 5.92 Å². The lowest BCUT2D eigenvalue weighted by molar-refractivity contribution is 0.0114. The SMILES string of the molecule is CC1=CCC[C@]2(C)Oc3c(Br)cccc3C[C@@H]12. The van der Waals surface area contributed by atoms with Gasteiger partial charge in [0.1, 0.15) is 11.4 Å². The zero-order valence-electron chi connectivity index (χ0n) is 10.3. The predicted octanol–water partition coefficient (Wildman–Crippen LogP) is 4.50. The zero-order valence-corrected chi connectivity index (χ0v) is 11.9. The highest BCUT2D eigenvalue weighted by Gasteiger charge is 2.43. The van der Waals surface area contributed by atoms with Gasteiger partial charge in [0.05, 0.1) is 4.47 Å². The summed E-state index contributed by atoms with van der Waals surface area (Å²) < 4.78 is 7.42. The first-order chi connectivity index (χ1) is 8.10. The molecule has 3 rings (SSSR count). The molecule has 0 radical (unpaired) electrons. The van der Waals surface area contributed by atoms with Gasteiger partial charge in [-0.2, -0.15) is 0 Å². The standard InChI is InChI=1S/C15H17BrO/c1-10-5-4-8-15(2)12(10)9-11-6-3-7-13(16)14(11)17-15/h3,5-7,12H,4,8-9H2,1-2H3/t12-,15-/m0/s1. The minimum atomic E-state index is -0.0181. The molecule has 2 heteroatoms. The Labute approximate surface area is 111 Å². The summed E-state index contributed by atoms with van der Waals surface area (Å²) in [7, 11) is 0. The quantitative estimate of drug-likeness (QED) is 0.640.